The average molecular weight is 401 g/mol. The Hall–Kier alpha value is -3.21. The second-order valence-corrected chi connectivity index (χ2v) is 8.09. The van der Waals surface area contributed by atoms with E-state index in [-0.39, 0.29) is 5.91 Å². The van der Waals surface area contributed by atoms with Gasteiger partial charge in [0.1, 0.15) is 0 Å². The number of benzene rings is 2. The Morgan fingerprint density at radius 1 is 0.867 bits per heavy atom. The molecule has 0 spiro atoms. The van der Waals surface area contributed by atoms with Crippen LogP contribution in [0.5, 0.6) is 0 Å². The number of hydrogen-bond donors (Lipinski definition) is 1. The molecule has 4 rings (SSSR count). The van der Waals surface area contributed by atoms with Crippen molar-refractivity contribution < 1.29 is 4.79 Å². The van der Waals surface area contributed by atoms with Crippen LogP contribution in [0.1, 0.15) is 47.2 Å². The van der Waals surface area contributed by atoms with Crippen molar-refractivity contribution in [3.8, 4) is 11.3 Å². The number of hydrogen-bond acceptors (Lipinski definition) is 4. The van der Waals surface area contributed by atoms with Crippen LogP contribution in [0.15, 0.2) is 54.6 Å². The van der Waals surface area contributed by atoms with Gasteiger partial charge in [-0.15, -0.1) is 10.2 Å². The largest absolute Gasteiger partial charge is 0.355 e. The zero-order valence-electron chi connectivity index (χ0n) is 17.7. The highest BCUT2D eigenvalue weighted by molar-refractivity contribution is 6.04. The topological polar surface area (TPSA) is 58.1 Å². The van der Waals surface area contributed by atoms with Crippen LogP contribution in [-0.2, 0) is 0 Å². The van der Waals surface area contributed by atoms with Crippen molar-refractivity contribution in [1.82, 2.24) is 10.2 Å². The molecule has 0 saturated carbocycles. The molecule has 5 nitrogen and oxygen atoms in total. The number of carbonyl (C=O) groups is 1. The molecule has 1 fully saturated rings. The summed E-state index contributed by atoms with van der Waals surface area (Å²) in [6, 6.07) is 17.7. The predicted octanol–water partition coefficient (Wildman–Crippen LogP) is 5.39. The van der Waals surface area contributed by atoms with E-state index < -0.39 is 0 Å². The maximum Gasteiger partial charge on any atom is 0.255 e. The molecule has 0 radical (unpaired) electrons. The van der Waals surface area contributed by atoms with Gasteiger partial charge in [0.25, 0.3) is 5.91 Å². The fourth-order valence-corrected chi connectivity index (χ4v) is 4.01. The Morgan fingerprint density at radius 3 is 2.27 bits per heavy atom. The fraction of sp³-hybridized carbons (Fsp3) is 0.320. The van der Waals surface area contributed by atoms with Gasteiger partial charge in [0.2, 0.25) is 0 Å². The Morgan fingerprint density at radius 2 is 1.60 bits per heavy atom. The van der Waals surface area contributed by atoms with Crippen molar-refractivity contribution in [2.24, 2.45) is 0 Å². The van der Waals surface area contributed by atoms with Crippen LogP contribution < -0.4 is 10.2 Å². The molecule has 1 aliphatic heterocycles. The summed E-state index contributed by atoms with van der Waals surface area (Å²) in [5.41, 5.74) is 5.30. The van der Waals surface area contributed by atoms with Crippen LogP contribution >= 0.6 is 0 Å². The molecule has 1 saturated heterocycles. The first-order valence-electron chi connectivity index (χ1n) is 10.7. The zero-order valence-corrected chi connectivity index (χ0v) is 17.7. The lowest BCUT2D eigenvalue weighted by atomic mass is 10.1. The minimum atomic E-state index is -0.110. The number of carbonyl (C=O) groups excluding carboxylic acids is 1. The lowest BCUT2D eigenvalue weighted by Crippen LogP contribution is -2.25. The summed E-state index contributed by atoms with van der Waals surface area (Å²) in [4.78, 5) is 15.0. The molecule has 3 aromatic rings. The molecule has 0 unspecified atom stereocenters. The molecule has 0 aliphatic carbocycles. The molecule has 2 aromatic carbocycles. The smallest absolute Gasteiger partial charge is 0.255 e. The van der Waals surface area contributed by atoms with Gasteiger partial charge in [-0.3, -0.25) is 4.79 Å². The van der Waals surface area contributed by atoms with Gasteiger partial charge in [-0.1, -0.05) is 42.2 Å². The first-order valence-corrected chi connectivity index (χ1v) is 10.7. The van der Waals surface area contributed by atoms with Crippen LogP contribution in [0.25, 0.3) is 11.3 Å². The van der Waals surface area contributed by atoms with E-state index in [2.05, 4.69) is 32.5 Å². The van der Waals surface area contributed by atoms with E-state index in [1.165, 1.54) is 25.7 Å². The lowest BCUT2D eigenvalue weighted by molar-refractivity contribution is 0.102. The minimum absolute atomic E-state index is 0.110. The number of aromatic nitrogens is 2. The van der Waals surface area contributed by atoms with Crippen molar-refractivity contribution in [3.63, 3.8) is 0 Å². The molecular formula is C25H28N4O. The van der Waals surface area contributed by atoms with Crippen LogP contribution in [0.2, 0.25) is 0 Å². The average Bonchev–Trinajstić information content (AvgIpc) is 3.03. The lowest BCUT2D eigenvalue weighted by Gasteiger charge is -2.20. The highest BCUT2D eigenvalue weighted by atomic mass is 16.1. The summed E-state index contributed by atoms with van der Waals surface area (Å²) < 4.78 is 0. The number of anilines is 2. The van der Waals surface area contributed by atoms with Crippen LogP contribution in [-0.4, -0.2) is 29.2 Å². The third-order valence-corrected chi connectivity index (χ3v) is 5.48. The normalized spacial score (nSPS) is 14.3. The molecule has 0 atom stereocenters. The SMILES string of the molecule is Cc1cc(C)cc(C(=O)Nc2cccc(-c3ccc(N4CCCCCC4)nn3)c2)c1. The number of nitrogens with one attached hydrogen (secondary N) is 1. The summed E-state index contributed by atoms with van der Waals surface area (Å²) in [5.74, 6) is 0.835. The van der Waals surface area contributed by atoms with Gasteiger partial charge in [0.05, 0.1) is 5.69 Å². The van der Waals surface area contributed by atoms with Gasteiger partial charge in [0, 0.05) is 29.9 Å². The minimum Gasteiger partial charge on any atom is -0.355 e. The van der Waals surface area contributed by atoms with Crippen molar-refractivity contribution in [2.45, 2.75) is 39.5 Å². The monoisotopic (exact) mass is 400 g/mol. The summed E-state index contributed by atoms with van der Waals surface area (Å²) in [5, 5.41) is 11.9. The molecule has 1 amide bonds. The Balaban J connectivity index is 1.49. The van der Waals surface area contributed by atoms with Gasteiger partial charge >= 0.3 is 0 Å². The zero-order chi connectivity index (χ0) is 20.9. The van der Waals surface area contributed by atoms with Gasteiger partial charge in [0.15, 0.2) is 5.82 Å². The van der Waals surface area contributed by atoms with Crippen molar-refractivity contribution in [2.75, 3.05) is 23.3 Å². The Labute approximate surface area is 178 Å². The second kappa shape index (κ2) is 9.08. The van der Waals surface area contributed by atoms with E-state index in [0.29, 0.717) is 5.56 Å². The molecular weight excluding hydrogens is 372 g/mol. The first kappa shape index (κ1) is 20.1. The summed E-state index contributed by atoms with van der Waals surface area (Å²) in [7, 11) is 0. The Kier molecular flexibility index (Phi) is 6.07. The van der Waals surface area contributed by atoms with E-state index in [1.54, 1.807) is 0 Å². The second-order valence-electron chi connectivity index (χ2n) is 8.09. The molecule has 1 aromatic heterocycles. The molecule has 154 valence electrons. The number of amides is 1. The van der Waals surface area contributed by atoms with E-state index in [9.17, 15) is 4.79 Å². The quantitative estimate of drug-likeness (QED) is 0.638. The van der Waals surface area contributed by atoms with E-state index in [4.69, 9.17) is 0 Å². The third-order valence-electron chi connectivity index (χ3n) is 5.48. The molecule has 30 heavy (non-hydrogen) atoms. The van der Waals surface area contributed by atoms with E-state index in [0.717, 1.165) is 47.0 Å². The van der Waals surface area contributed by atoms with Crippen molar-refractivity contribution >= 4 is 17.4 Å². The fourth-order valence-electron chi connectivity index (χ4n) is 4.01. The molecule has 2 heterocycles. The van der Waals surface area contributed by atoms with Gasteiger partial charge in [-0.05, 0) is 63.1 Å². The van der Waals surface area contributed by atoms with Gasteiger partial charge in [-0.25, -0.2) is 0 Å². The molecule has 5 heteroatoms. The van der Waals surface area contributed by atoms with Crippen molar-refractivity contribution in [1.29, 1.82) is 0 Å². The van der Waals surface area contributed by atoms with Crippen molar-refractivity contribution in [3.05, 3.63) is 71.3 Å². The van der Waals surface area contributed by atoms with E-state index in [1.807, 2.05) is 56.3 Å². The molecule has 1 aliphatic rings. The standard InChI is InChI=1S/C25H28N4O/c1-18-14-19(2)16-21(15-18)25(30)26-22-9-7-8-20(17-22)23-10-11-24(28-27-23)29-12-5-3-4-6-13-29/h7-11,14-17H,3-6,12-13H2,1-2H3,(H,26,30). The van der Waals surface area contributed by atoms with Crippen LogP contribution in [0.3, 0.4) is 0 Å². The van der Waals surface area contributed by atoms with Crippen LogP contribution in [0, 0.1) is 13.8 Å². The first-order chi connectivity index (χ1) is 14.6. The number of rotatable bonds is 4. The third kappa shape index (κ3) is 4.85. The summed E-state index contributed by atoms with van der Waals surface area (Å²) in [6.45, 7) is 6.10. The van der Waals surface area contributed by atoms with Gasteiger partial charge < -0.3 is 10.2 Å². The molecule has 1 N–H and O–H groups in total. The highest BCUT2D eigenvalue weighted by Crippen LogP contribution is 2.23. The van der Waals surface area contributed by atoms with Crippen LogP contribution in [0.4, 0.5) is 11.5 Å². The molecule has 0 bridgehead atoms. The van der Waals surface area contributed by atoms with Gasteiger partial charge in [-0.2, -0.15) is 0 Å². The number of nitrogens with zero attached hydrogens (tertiary/aromatic N) is 3. The summed E-state index contributed by atoms with van der Waals surface area (Å²) in [6.07, 6.45) is 5.02. The predicted molar refractivity (Wildman–Crippen MR) is 122 cm³/mol. The maximum absolute atomic E-state index is 12.7. The summed E-state index contributed by atoms with van der Waals surface area (Å²) >= 11 is 0. The highest BCUT2D eigenvalue weighted by Gasteiger charge is 2.12. The maximum atomic E-state index is 12.7. The van der Waals surface area contributed by atoms with E-state index >= 15 is 0 Å². The number of aryl methyl sites for hydroxylation is 2. The Bertz CT molecular complexity index is 1000.